The molecule has 23 heavy (non-hydrogen) atoms. The summed E-state index contributed by atoms with van der Waals surface area (Å²) in [6.07, 6.45) is 3.90. The first-order valence-electron chi connectivity index (χ1n) is 7.72. The molecule has 2 aliphatic heterocycles. The molecule has 1 aromatic rings. The number of piperidine rings is 2. The normalized spacial score (nSPS) is 23.7. The number of halogens is 1. The first kappa shape index (κ1) is 16.2. The third-order valence-electron chi connectivity index (χ3n) is 4.35. The van der Waals surface area contributed by atoms with Crippen LogP contribution < -0.4 is 10.6 Å². The lowest BCUT2D eigenvalue weighted by Gasteiger charge is -2.28. The van der Waals surface area contributed by atoms with Gasteiger partial charge in [-0.05, 0) is 25.2 Å². The molecular weight excluding hydrogens is 319 g/mol. The number of imide groups is 1. The Bertz CT molecular complexity index is 619. The van der Waals surface area contributed by atoms with Gasteiger partial charge < -0.3 is 5.32 Å². The number of nitrogens with one attached hydrogen (secondary N) is 2. The molecule has 1 aromatic heterocycles. The van der Waals surface area contributed by atoms with Crippen molar-refractivity contribution in [3.05, 3.63) is 23.6 Å². The third-order valence-corrected chi connectivity index (χ3v) is 4.75. The van der Waals surface area contributed by atoms with Gasteiger partial charge in [-0.3, -0.25) is 19.2 Å². The number of amides is 2. The van der Waals surface area contributed by atoms with E-state index in [1.807, 2.05) is 4.31 Å². The maximum atomic E-state index is 14.4. The molecule has 0 spiro atoms. The van der Waals surface area contributed by atoms with Crippen LogP contribution in [0.4, 0.5) is 10.2 Å². The molecule has 6 nitrogen and oxygen atoms in total. The van der Waals surface area contributed by atoms with Gasteiger partial charge in [0.25, 0.3) is 0 Å². The average Bonchev–Trinajstić information content (AvgIpc) is 2.51. The van der Waals surface area contributed by atoms with E-state index in [0.717, 1.165) is 25.9 Å². The minimum Gasteiger partial charge on any atom is -0.358 e. The van der Waals surface area contributed by atoms with E-state index in [4.69, 9.17) is 0 Å². The summed E-state index contributed by atoms with van der Waals surface area (Å²) in [5.41, 5.74) is 0.611. The highest BCUT2D eigenvalue weighted by Crippen LogP contribution is 2.30. The summed E-state index contributed by atoms with van der Waals surface area (Å²) in [4.78, 5) is 27.1. The van der Waals surface area contributed by atoms with E-state index >= 15 is 0 Å². The monoisotopic (exact) mass is 338 g/mol. The third kappa shape index (κ3) is 3.81. The van der Waals surface area contributed by atoms with Crippen LogP contribution in [-0.2, 0) is 9.59 Å². The number of pyridine rings is 1. The van der Waals surface area contributed by atoms with Crippen molar-refractivity contribution in [1.82, 2.24) is 14.6 Å². The Morgan fingerprint density at radius 1 is 1.30 bits per heavy atom. The summed E-state index contributed by atoms with van der Waals surface area (Å²) >= 11 is 4.30. The molecule has 1 atom stereocenters. The molecule has 1 unspecified atom stereocenters. The van der Waals surface area contributed by atoms with Gasteiger partial charge in [0.15, 0.2) is 0 Å². The van der Waals surface area contributed by atoms with Gasteiger partial charge in [-0.1, -0.05) is 12.8 Å². The number of anilines is 1. The number of aromatic nitrogens is 1. The first-order chi connectivity index (χ1) is 11.0. The van der Waals surface area contributed by atoms with Crippen LogP contribution in [0, 0.1) is 5.82 Å². The fourth-order valence-electron chi connectivity index (χ4n) is 3.01. The highest BCUT2D eigenvalue weighted by atomic mass is 32.1. The van der Waals surface area contributed by atoms with Gasteiger partial charge in [0.2, 0.25) is 11.8 Å². The van der Waals surface area contributed by atoms with Gasteiger partial charge in [-0.2, -0.15) is 0 Å². The van der Waals surface area contributed by atoms with E-state index in [0.29, 0.717) is 17.8 Å². The standard InChI is InChI=1S/C15H19FN4O2S/c16-11-7-13(18-12-1-2-14(21)19-15(12)22)17-8-10(11)9-3-5-20(23)6-4-9/h7-9,12,23H,1-6H2,(H,17,18)(H,19,21,22). The summed E-state index contributed by atoms with van der Waals surface area (Å²) in [5.74, 6) is -0.526. The van der Waals surface area contributed by atoms with E-state index in [1.165, 1.54) is 6.07 Å². The van der Waals surface area contributed by atoms with Gasteiger partial charge in [0, 0.05) is 37.3 Å². The lowest BCUT2D eigenvalue weighted by atomic mass is 9.91. The fraction of sp³-hybridized carbons (Fsp3) is 0.533. The van der Waals surface area contributed by atoms with Crippen molar-refractivity contribution in [3.8, 4) is 0 Å². The second-order valence-electron chi connectivity index (χ2n) is 5.97. The molecule has 2 N–H and O–H groups in total. The zero-order valence-corrected chi connectivity index (χ0v) is 13.5. The van der Waals surface area contributed by atoms with Crippen LogP contribution in [0.3, 0.4) is 0 Å². The summed E-state index contributed by atoms with van der Waals surface area (Å²) < 4.78 is 16.3. The fourth-order valence-corrected chi connectivity index (χ4v) is 3.24. The molecule has 3 rings (SSSR count). The minimum atomic E-state index is -0.558. The van der Waals surface area contributed by atoms with Crippen molar-refractivity contribution >= 4 is 30.4 Å². The summed E-state index contributed by atoms with van der Waals surface area (Å²) in [6, 6.07) is 0.768. The van der Waals surface area contributed by atoms with Crippen molar-refractivity contribution in [2.45, 2.75) is 37.6 Å². The maximum absolute atomic E-state index is 14.4. The molecule has 0 bridgehead atoms. The van der Waals surface area contributed by atoms with E-state index < -0.39 is 11.9 Å². The van der Waals surface area contributed by atoms with E-state index in [1.54, 1.807) is 6.20 Å². The molecule has 0 saturated carbocycles. The van der Waals surface area contributed by atoms with Crippen LogP contribution in [0.1, 0.15) is 37.2 Å². The van der Waals surface area contributed by atoms with Gasteiger partial charge in [-0.25, -0.2) is 9.37 Å². The Morgan fingerprint density at radius 2 is 2.04 bits per heavy atom. The Morgan fingerprint density at radius 3 is 2.70 bits per heavy atom. The second kappa shape index (κ2) is 6.84. The Labute approximate surface area is 139 Å². The Hall–Kier alpha value is -1.67. The lowest BCUT2D eigenvalue weighted by molar-refractivity contribution is -0.133. The highest BCUT2D eigenvalue weighted by Gasteiger charge is 2.27. The van der Waals surface area contributed by atoms with E-state index in [-0.39, 0.29) is 24.1 Å². The van der Waals surface area contributed by atoms with E-state index in [2.05, 4.69) is 28.4 Å². The molecule has 3 heterocycles. The van der Waals surface area contributed by atoms with Crippen molar-refractivity contribution in [2.24, 2.45) is 0 Å². The molecule has 2 fully saturated rings. The van der Waals surface area contributed by atoms with Crippen LogP contribution >= 0.6 is 12.8 Å². The number of carbonyl (C=O) groups excluding carboxylic acids is 2. The SMILES string of the molecule is O=C1CCC(Nc2cc(F)c(C3CCN(S)CC3)cn2)C(=O)N1. The summed E-state index contributed by atoms with van der Waals surface area (Å²) in [7, 11) is 0. The number of hydrogen-bond acceptors (Lipinski definition) is 6. The predicted octanol–water partition coefficient (Wildman–Crippen LogP) is 1.46. The summed E-state index contributed by atoms with van der Waals surface area (Å²) in [6.45, 7) is 1.65. The smallest absolute Gasteiger partial charge is 0.249 e. The molecule has 0 aromatic carbocycles. The van der Waals surface area contributed by atoms with Crippen molar-refractivity contribution in [1.29, 1.82) is 0 Å². The van der Waals surface area contributed by atoms with Crippen LogP contribution in [0.5, 0.6) is 0 Å². The molecule has 0 radical (unpaired) electrons. The van der Waals surface area contributed by atoms with Crippen molar-refractivity contribution in [2.75, 3.05) is 18.4 Å². The van der Waals surface area contributed by atoms with Gasteiger partial charge in [0.1, 0.15) is 17.7 Å². The molecule has 2 amide bonds. The number of carbonyl (C=O) groups is 2. The van der Waals surface area contributed by atoms with Gasteiger partial charge in [0.05, 0.1) is 0 Å². The van der Waals surface area contributed by atoms with Crippen LogP contribution in [0.2, 0.25) is 0 Å². The van der Waals surface area contributed by atoms with Gasteiger partial charge >= 0.3 is 0 Å². The zero-order chi connectivity index (χ0) is 16.4. The quantitative estimate of drug-likeness (QED) is 0.575. The molecule has 2 saturated heterocycles. The Balaban J connectivity index is 1.67. The molecular formula is C15H19FN4O2S. The number of thiol groups is 1. The molecule has 124 valence electrons. The maximum Gasteiger partial charge on any atom is 0.249 e. The number of hydrogen-bond donors (Lipinski definition) is 3. The number of nitrogens with zero attached hydrogens (tertiary/aromatic N) is 2. The van der Waals surface area contributed by atoms with Crippen molar-refractivity contribution < 1.29 is 14.0 Å². The highest BCUT2D eigenvalue weighted by molar-refractivity contribution is 7.77. The molecule has 0 aliphatic carbocycles. The number of rotatable bonds is 3. The van der Waals surface area contributed by atoms with Crippen molar-refractivity contribution in [3.63, 3.8) is 0 Å². The van der Waals surface area contributed by atoms with Gasteiger partial charge in [-0.15, -0.1) is 0 Å². The minimum absolute atomic E-state index is 0.149. The Kier molecular flexibility index (Phi) is 4.82. The zero-order valence-electron chi connectivity index (χ0n) is 12.6. The lowest BCUT2D eigenvalue weighted by Crippen LogP contribution is -2.47. The first-order valence-corrected chi connectivity index (χ1v) is 8.12. The largest absolute Gasteiger partial charge is 0.358 e. The summed E-state index contributed by atoms with van der Waals surface area (Å²) in [5, 5.41) is 5.15. The molecule has 8 heteroatoms. The topological polar surface area (TPSA) is 74.3 Å². The second-order valence-corrected chi connectivity index (χ2v) is 6.53. The van der Waals surface area contributed by atoms with E-state index in [9.17, 15) is 14.0 Å². The van der Waals surface area contributed by atoms with Crippen LogP contribution in [0.25, 0.3) is 0 Å². The van der Waals surface area contributed by atoms with Crippen LogP contribution in [0.15, 0.2) is 12.3 Å². The average molecular weight is 338 g/mol. The van der Waals surface area contributed by atoms with Crippen LogP contribution in [-0.4, -0.2) is 40.2 Å². The predicted molar refractivity (Wildman–Crippen MR) is 86.5 cm³/mol. The molecule has 2 aliphatic rings.